The molecule has 0 aliphatic carbocycles. The van der Waals surface area contributed by atoms with E-state index in [0.29, 0.717) is 0 Å². The normalized spacial score (nSPS) is 17.2. The molecule has 0 saturated carbocycles. The van der Waals surface area contributed by atoms with Crippen LogP contribution in [0, 0.1) is 0 Å². The maximum Gasteiger partial charge on any atom is 2.00 e. The molecule has 0 rings (SSSR count). The molecule has 0 aliphatic heterocycles. The van der Waals surface area contributed by atoms with Crippen LogP contribution in [0.25, 0.3) is 0 Å². The van der Waals surface area contributed by atoms with Crippen LogP contribution in [0.5, 0.6) is 0 Å². The van der Waals surface area contributed by atoms with E-state index in [1.807, 2.05) is 0 Å². The van der Waals surface area contributed by atoms with Gasteiger partial charge < -0.3 is 19.8 Å². The van der Waals surface area contributed by atoms with Crippen LogP contribution in [0.2, 0.25) is 0 Å². The summed E-state index contributed by atoms with van der Waals surface area (Å²) in [6, 6.07) is 0. The Labute approximate surface area is 143 Å². The summed E-state index contributed by atoms with van der Waals surface area (Å²) in [6.07, 6.45) is -11.0. The molecule has 0 amide bonds. The van der Waals surface area contributed by atoms with Gasteiger partial charge in [0.15, 0.2) is 0 Å². The van der Waals surface area contributed by atoms with E-state index >= 15 is 0 Å². The van der Waals surface area contributed by atoms with E-state index in [9.17, 15) is 54.9 Å². The smallest absolute Gasteiger partial charge is 0.545 e. The maximum atomic E-state index is 11.8. The van der Waals surface area contributed by atoms with Gasteiger partial charge in [0.2, 0.25) is 0 Å². The van der Waals surface area contributed by atoms with Crippen molar-refractivity contribution in [1.29, 1.82) is 0 Å². The molecule has 0 aromatic rings. The van der Waals surface area contributed by atoms with Crippen molar-refractivity contribution < 1.29 is 54.9 Å². The van der Waals surface area contributed by atoms with Gasteiger partial charge >= 0.3 is 35.4 Å². The number of rotatable bonds is 2. The van der Waals surface area contributed by atoms with Crippen LogP contribution in [-0.4, -0.2) is 56.5 Å². The summed E-state index contributed by atoms with van der Waals surface area (Å²) in [6.45, 7) is 0. The minimum absolute atomic E-state index is 0. The molecule has 2 unspecified atom stereocenters. The first-order valence-electron chi connectivity index (χ1n) is 3.71. The molecule has 0 radical (unpaired) electrons. The topological polar surface area (TPSA) is 80.3 Å². The van der Waals surface area contributed by atoms with E-state index in [4.69, 9.17) is 0 Å². The van der Waals surface area contributed by atoms with Gasteiger partial charge in [-0.15, -0.1) is 0 Å². The standard InChI is InChI=1S/2C3HBrF4O2.Mg/c2*4-2(5,1(9)10)3(6,7)8;/h2*(H,9,10);/q;;+2/p-2. The molecule has 15 heteroatoms. The summed E-state index contributed by atoms with van der Waals surface area (Å²) in [4.78, 5) is 18.8. The van der Waals surface area contributed by atoms with Gasteiger partial charge in [0.05, 0.1) is 11.9 Å². The molecule has 2 atom stereocenters. The average molecular weight is 472 g/mol. The van der Waals surface area contributed by atoms with Gasteiger partial charge in [-0.2, -0.15) is 26.3 Å². The summed E-state index contributed by atoms with van der Waals surface area (Å²) >= 11 is 2.63. The van der Waals surface area contributed by atoms with Gasteiger partial charge in [0.1, 0.15) is 0 Å². The van der Waals surface area contributed by atoms with Gasteiger partial charge in [-0.05, 0) is 31.9 Å². The number of hydrogen-bond donors (Lipinski definition) is 0. The number of carboxylic acid groups (broad SMARTS) is 2. The number of alkyl halides is 10. The van der Waals surface area contributed by atoms with E-state index in [0.717, 1.165) is 0 Å². The molecule has 0 spiro atoms. The van der Waals surface area contributed by atoms with Crippen molar-refractivity contribution in [1.82, 2.24) is 0 Å². The third-order valence-electron chi connectivity index (χ3n) is 1.22. The summed E-state index contributed by atoms with van der Waals surface area (Å²) in [5, 5.41) is 18.8. The fourth-order valence-electron chi connectivity index (χ4n) is 0.231. The zero-order valence-electron chi connectivity index (χ0n) is 9.12. The van der Waals surface area contributed by atoms with Gasteiger partial charge in [-0.1, -0.05) is 0 Å². The molecule has 0 bridgehead atoms. The Morgan fingerprint density at radius 3 is 0.810 bits per heavy atom. The van der Waals surface area contributed by atoms with Crippen molar-refractivity contribution in [2.75, 3.05) is 0 Å². The Hall–Kier alpha value is 0.106. The van der Waals surface area contributed by atoms with E-state index in [1.54, 1.807) is 0 Å². The van der Waals surface area contributed by atoms with Gasteiger partial charge in [0, 0.05) is 0 Å². The third kappa shape index (κ3) is 7.27. The van der Waals surface area contributed by atoms with Crippen molar-refractivity contribution in [2.24, 2.45) is 0 Å². The van der Waals surface area contributed by atoms with Crippen LogP contribution >= 0.6 is 31.9 Å². The predicted octanol–water partition coefficient (Wildman–Crippen LogP) is 0.338. The van der Waals surface area contributed by atoms with Crippen molar-refractivity contribution in [3.8, 4) is 0 Å². The summed E-state index contributed by atoms with van der Waals surface area (Å²) < 4.78 is 82.3. The van der Waals surface area contributed by atoms with E-state index in [-0.39, 0.29) is 23.1 Å². The predicted molar refractivity (Wildman–Crippen MR) is 53.4 cm³/mol. The van der Waals surface area contributed by atoms with Crippen molar-refractivity contribution >= 4 is 66.9 Å². The molecule has 0 aliphatic rings. The first kappa shape index (κ1) is 26.0. The molecule has 4 nitrogen and oxygen atoms in total. The number of carbonyl (C=O) groups is 2. The minimum atomic E-state index is -5.49. The quantitative estimate of drug-likeness (QED) is 0.330. The van der Waals surface area contributed by atoms with Gasteiger partial charge in [-0.25, -0.2) is 8.78 Å². The second-order valence-electron chi connectivity index (χ2n) is 2.72. The molecule has 0 fully saturated rings. The van der Waals surface area contributed by atoms with Crippen LogP contribution < -0.4 is 10.2 Å². The monoisotopic (exact) mass is 470 g/mol. The van der Waals surface area contributed by atoms with E-state index in [1.165, 1.54) is 31.9 Å². The molecule has 0 N–H and O–H groups in total. The molecular formula is C6Br2F8MgO4. The molecule has 0 aromatic carbocycles. The van der Waals surface area contributed by atoms with Crippen LogP contribution in [0.1, 0.15) is 0 Å². The number of halogens is 10. The largest absolute Gasteiger partial charge is 2.00 e. The minimum Gasteiger partial charge on any atom is -0.545 e. The number of carboxylic acids is 2. The maximum absolute atomic E-state index is 11.8. The Morgan fingerprint density at radius 1 is 0.667 bits per heavy atom. The van der Waals surface area contributed by atoms with Gasteiger partial charge in [-0.3, -0.25) is 0 Å². The molecule has 21 heavy (non-hydrogen) atoms. The first-order chi connectivity index (χ1) is 8.39. The first-order valence-corrected chi connectivity index (χ1v) is 5.29. The van der Waals surface area contributed by atoms with E-state index in [2.05, 4.69) is 0 Å². The van der Waals surface area contributed by atoms with Crippen LogP contribution in [0.15, 0.2) is 0 Å². The SMILES string of the molecule is O=C([O-])C(F)(Br)C(F)(F)F.O=C([O-])C(F)(Br)C(F)(F)F.[Mg+2]. The third-order valence-corrected chi connectivity index (χ3v) is 2.77. The second kappa shape index (κ2) is 8.10. The fraction of sp³-hybridized carbons (Fsp3) is 0.667. The molecule has 120 valence electrons. The van der Waals surface area contributed by atoms with Crippen LogP contribution in [0.3, 0.4) is 0 Å². The zero-order chi connectivity index (χ0) is 17.2. The Bertz CT molecular complexity index is 344. The van der Waals surface area contributed by atoms with Crippen LogP contribution in [0.4, 0.5) is 35.1 Å². The van der Waals surface area contributed by atoms with Crippen LogP contribution in [-0.2, 0) is 9.59 Å². The Morgan fingerprint density at radius 2 is 0.810 bits per heavy atom. The van der Waals surface area contributed by atoms with Crippen molar-refractivity contribution in [3.63, 3.8) is 0 Å². The van der Waals surface area contributed by atoms with Crippen molar-refractivity contribution in [2.45, 2.75) is 21.5 Å². The van der Waals surface area contributed by atoms with Crippen molar-refractivity contribution in [3.05, 3.63) is 0 Å². The number of hydrogen-bond acceptors (Lipinski definition) is 4. The molecule has 0 saturated heterocycles. The summed E-state index contributed by atoms with van der Waals surface area (Å²) in [5.74, 6) is -5.72. The van der Waals surface area contributed by atoms with E-state index < -0.39 is 33.4 Å². The van der Waals surface area contributed by atoms with Gasteiger partial charge in [0.25, 0.3) is 9.16 Å². The average Bonchev–Trinajstić information content (AvgIpc) is 2.14. The zero-order valence-corrected chi connectivity index (χ0v) is 13.7. The molecule has 0 aromatic heterocycles. The molecule has 0 heterocycles. The number of aliphatic carboxylic acids is 2. The summed E-state index contributed by atoms with van der Waals surface area (Å²) in [5.41, 5.74) is 0. The molecular weight excluding hydrogens is 472 g/mol. The number of carbonyl (C=O) groups excluding carboxylic acids is 2. The Kier molecular flexibility index (Phi) is 10.0. The fourth-order valence-corrected chi connectivity index (χ4v) is 0.231. The Balaban J connectivity index is -0.000000295. The second-order valence-corrected chi connectivity index (χ2v) is 4.90. The summed E-state index contributed by atoms with van der Waals surface area (Å²) in [7, 11) is 0.